The maximum atomic E-state index is 17.1. The molecule has 2 aromatic carbocycles. The van der Waals surface area contributed by atoms with Crippen molar-refractivity contribution in [1.29, 1.82) is 0 Å². The van der Waals surface area contributed by atoms with E-state index in [2.05, 4.69) is 15.9 Å². The molecule has 1 aliphatic carbocycles. The number of carboxylic acid groups (broad SMARTS) is 1. The second-order valence-corrected chi connectivity index (χ2v) is 14.7. The second kappa shape index (κ2) is 12.2. The molecule has 13 heteroatoms. The van der Waals surface area contributed by atoms with Crippen LogP contribution in [0.25, 0.3) is 32.9 Å². The summed E-state index contributed by atoms with van der Waals surface area (Å²) in [6, 6.07) is 5.58. The highest BCUT2D eigenvalue weighted by atomic mass is 19.1. The molecule has 0 spiro atoms. The molecule has 1 saturated carbocycles. The van der Waals surface area contributed by atoms with Crippen LogP contribution in [0.2, 0.25) is 0 Å². The van der Waals surface area contributed by atoms with Crippen LogP contribution < -0.4 is 14.4 Å². The van der Waals surface area contributed by atoms with Crippen LogP contribution in [0.5, 0.6) is 11.8 Å². The lowest BCUT2D eigenvalue weighted by Gasteiger charge is -2.54. The largest absolute Gasteiger partial charge is 0.468 e. The minimum atomic E-state index is -0.971. The van der Waals surface area contributed by atoms with Gasteiger partial charge in [0.25, 0.3) is 0 Å². The number of terminal acetylenes is 1. The third kappa shape index (κ3) is 5.41. The molecule has 2 saturated heterocycles. The molecule has 2 aliphatic heterocycles. The number of hydrogen-bond acceptors (Lipinski definition) is 9. The molecular weight excluding hydrogens is 648 g/mol. The van der Waals surface area contributed by atoms with Crippen molar-refractivity contribution in [2.75, 3.05) is 45.1 Å². The molecule has 1 amide bonds. The number of piperazine rings is 1. The number of methoxy groups -OCH3 is 1. The fourth-order valence-corrected chi connectivity index (χ4v) is 7.65. The molecule has 4 heterocycles. The van der Waals surface area contributed by atoms with Crippen LogP contribution in [-0.4, -0.2) is 87.9 Å². The molecule has 2 N–H and O–H groups in total. The maximum absolute atomic E-state index is 17.1. The highest BCUT2D eigenvalue weighted by molar-refractivity contribution is 6.03. The van der Waals surface area contributed by atoms with E-state index in [0.717, 1.165) is 12.8 Å². The predicted molar refractivity (Wildman–Crippen MR) is 182 cm³/mol. The fraction of sp³-hybridized carbons (Fsp3) is 0.459. The van der Waals surface area contributed by atoms with E-state index >= 15 is 8.78 Å². The Morgan fingerprint density at radius 1 is 1.16 bits per heavy atom. The lowest BCUT2D eigenvalue weighted by Crippen LogP contribution is -2.68. The predicted octanol–water partition coefficient (Wildman–Crippen LogP) is 5.99. The van der Waals surface area contributed by atoms with E-state index in [9.17, 15) is 15.0 Å². The summed E-state index contributed by atoms with van der Waals surface area (Å²) in [5.74, 6) is 1.64. The van der Waals surface area contributed by atoms with Crippen LogP contribution in [0.15, 0.2) is 30.5 Å². The van der Waals surface area contributed by atoms with Crippen molar-refractivity contribution in [2.24, 2.45) is 10.8 Å². The number of nitrogens with zero attached hydrogens (tertiary/aromatic N) is 5. The number of aliphatic hydroxyl groups is 1. The molecule has 2 aromatic heterocycles. The number of rotatable bonds is 9. The van der Waals surface area contributed by atoms with Gasteiger partial charge in [-0.15, -0.1) is 6.42 Å². The van der Waals surface area contributed by atoms with Crippen molar-refractivity contribution in [1.82, 2.24) is 19.9 Å². The van der Waals surface area contributed by atoms with E-state index in [1.165, 1.54) is 31.5 Å². The van der Waals surface area contributed by atoms with Crippen LogP contribution in [0.1, 0.15) is 52.0 Å². The molecule has 2 bridgehead atoms. The van der Waals surface area contributed by atoms with Gasteiger partial charge in [0.1, 0.15) is 28.6 Å². The zero-order chi connectivity index (χ0) is 35.6. The number of aromatic nitrogens is 3. The van der Waals surface area contributed by atoms with Crippen molar-refractivity contribution in [3.05, 3.63) is 47.7 Å². The summed E-state index contributed by atoms with van der Waals surface area (Å²) in [6.45, 7) is 6.72. The number of anilines is 1. The Balaban J connectivity index is 1.42. The lowest BCUT2D eigenvalue weighted by molar-refractivity contribution is 0.00527. The van der Waals surface area contributed by atoms with Gasteiger partial charge in [0.2, 0.25) is 0 Å². The Morgan fingerprint density at radius 3 is 2.60 bits per heavy atom. The van der Waals surface area contributed by atoms with Crippen molar-refractivity contribution < 1.29 is 38.0 Å². The summed E-state index contributed by atoms with van der Waals surface area (Å²) in [6.07, 6.45) is 9.15. The van der Waals surface area contributed by atoms with Gasteiger partial charge < -0.3 is 29.3 Å². The van der Waals surface area contributed by atoms with Crippen molar-refractivity contribution >= 4 is 33.6 Å². The minimum Gasteiger partial charge on any atom is -0.468 e. The number of ether oxygens (including phenoxy) is 3. The monoisotopic (exact) mass is 687 g/mol. The van der Waals surface area contributed by atoms with Crippen LogP contribution in [0.4, 0.5) is 19.4 Å². The van der Waals surface area contributed by atoms with Crippen molar-refractivity contribution in [2.45, 2.75) is 58.0 Å². The topological polar surface area (TPSA) is 130 Å². The molecule has 2 atom stereocenters. The summed E-state index contributed by atoms with van der Waals surface area (Å²) in [5.41, 5.74) is -1.66. The van der Waals surface area contributed by atoms with E-state index in [-0.39, 0.29) is 59.8 Å². The zero-order valence-electron chi connectivity index (χ0n) is 28.4. The summed E-state index contributed by atoms with van der Waals surface area (Å²) in [5, 5.41) is 21.3. The SMILES string of the molecule is C#Cc1c(F)ccc2cc(OCOC)cc(-c3ncc4c(N5CC6CCC(C(C)(C)C)(C5)N6C(=O)O)nc(OCC5(CO)CC5)nc4c3F)c12. The molecule has 50 heavy (non-hydrogen) atoms. The fourth-order valence-electron chi connectivity index (χ4n) is 7.65. The van der Waals surface area contributed by atoms with E-state index in [1.54, 1.807) is 11.0 Å². The maximum Gasteiger partial charge on any atom is 0.408 e. The van der Waals surface area contributed by atoms with Crippen molar-refractivity contribution in [3.63, 3.8) is 0 Å². The van der Waals surface area contributed by atoms with Gasteiger partial charge in [0.05, 0.1) is 35.7 Å². The summed E-state index contributed by atoms with van der Waals surface area (Å²) >= 11 is 0. The first kappa shape index (κ1) is 33.7. The molecule has 3 fully saturated rings. The number of pyridine rings is 1. The van der Waals surface area contributed by atoms with Crippen LogP contribution in [-0.2, 0) is 4.74 Å². The average Bonchev–Trinajstić information content (AvgIpc) is 3.83. The Kier molecular flexibility index (Phi) is 8.22. The van der Waals surface area contributed by atoms with Gasteiger partial charge in [-0.05, 0) is 54.7 Å². The summed E-state index contributed by atoms with van der Waals surface area (Å²) < 4.78 is 49.0. The summed E-state index contributed by atoms with van der Waals surface area (Å²) in [7, 11) is 1.47. The number of hydrogen-bond donors (Lipinski definition) is 2. The standard InChI is InChI=1S/C37H39F2N5O6/c1-6-24-27(38)8-7-21-13-23(50-20-48-5)14-25(28(21)24)30-29(39)31-26(15-40-30)32(42-33(41-31)49-19-36(18-45)11-12-36)43-16-22-9-10-37(17-43,35(2,3)4)44(22)34(46)47/h1,7-8,13-15,22,45H,9-12,16-20H2,2-5H3,(H,46,47). The van der Waals surface area contributed by atoms with Gasteiger partial charge >= 0.3 is 12.1 Å². The van der Waals surface area contributed by atoms with Crippen molar-refractivity contribution in [3.8, 4) is 35.4 Å². The van der Waals surface area contributed by atoms with Crippen LogP contribution in [0.3, 0.4) is 0 Å². The van der Waals surface area contributed by atoms with Gasteiger partial charge in [-0.3, -0.25) is 9.88 Å². The number of carbonyl (C=O) groups is 1. The summed E-state index contributed by atoms with van der Waals surface area (Å²) in [4.78, 5) is 30.0. The first-order valence-electron chi connectivity index (χ1n) is 16.6. The molecular formula is C37H39F2N5O6. The third-order valence-electron chi connectivity index (χ3n) is 10.7. The molecule has 3 aliphatic rings. The highest BCUT2D eigenvalue weighted by Crippen LogP contribution is 2.51. The lowest BCUT2D eigenvalue weighted by atomic mass is 9.71. The van der Waals surface area contributed by atoms with Gasteiger partial charge in [-0.25, -0.2) is 13.6 Å². The first-order chi connectivity index (χ1) is 23.8. The normalized spacial score (nSPS) is 21.0. The Morgan fingerprint density at radius 2 is 1.94 bits per heavy atom. The Hall–Kier alpha value is -4.80. The number of amides is 1. The van der Waals surface area contributed by atoms with E-state index < -0.39 is 34.1 Å². The zero-order valence-corrected chi connectivity index (χ0v) is 28.4. The number of aliphatic hydroxyl groups excluding tert-OH is 1. The highest BCUT2D eigenvalue weighted by Gasteiger charge is 2.59. The third-order valence-corrected chi connectivity index (χ3v) is 10.7. The quantitative estimate of drug-likeness (QED) is 0.160. The number of fused-ring (bicyclic) bond motifs is 4. The van der Waals surface area contributed by atoms with E-state index in [4.69, 9.17) is 25.6 Å². The Bertz CT molecular complexity index is 2060. The molecule has 7 rings (SSSR count). The molecule has 11 nitrogen and oxygen atoms in total. The first-order valence-corrected chi connectivity index (χ1v) is 16.6. The molecule has 4 aromatic rings. The smallest absolute Gasteiger partial charge is 0.408 e. The van der Waals surface area contributed by atoms with Crippen LogP contribution in [0, 0.1) is 34.8 Å². The van der Waals surface area contributed by atoms with Gasteiger partial charge in [-0.2, -0.15) is 9.97 Å². The second-order valence-electron chi connectivity index (χ2n) is 14.7. The van der Waals surface area contributed by atoms with Gasteiger partial charge in [-0.1, -0.05) is 32.8 Å². The molecule has 0 radical (unpaired) electrons. The number of benzene rings is 2. The van der Waals surface area contributed by atoms with Gasteiger partial charge in [0.15, 0.2) is 12.6 Å². The van der Waals surface area contributed by atoms with Gasteiger partial charge in [0, 0.05) is 42.8 Å². The number of halogens is 2. The average molecular weight is 688 g/mol. The van der Waals surface area contributed by atoms with Crippen LogP contribution >= 0.6 is 0 Å². The molecule has 262 valence electrons. The minimum absolute atomic E-state index is 0.0533. The molecule has 2 unspecified atom stereocenters. The van der Waals surface area contributed by atoms with E-state index in [0.29, 0.717) is 48.3 Å². The van der Waals surface area contributed by atoms with E-state index in [1.807, 2.05) is 25.7 Å². The Labute approximate surface area is 288 Å².